The Labute approximate surface area is 112 Å². The van der Waals surface area contributed by atoms with Crippen LogP contribution in [0.15, 0.2) is 0 Å². The summed E-state index contributed by atoms with van der Waals surface area (Å²) in [5.41, 5.74) is -0.440. The molecule has 3 nitrogen and oxygen atoms in total. The fourth-order valence-electron chi connectivity index (χ4n) is 2.08. The minimum Gasteiger partial charge on any atom is -0.460 e. The van der Waals surface area contributed by atoms with Crippen molar-refractivity contribution >= 4 is 5.97 Å². The average Bonchev–Trinajstić information content (AvgIpc) is 2.22. The minimum atomic E-state index is -0.440. The van der Waals surface area contributed by atoms with Crippen LogP contribution in [0.2, 0.25) is 0 Å². The van der Waals surface area contributed by atoms with Crippen molar-refractivity contribution < 1.29 is 14.6 Å². The average molecular weight is 258 g/mol. The molecule has 0 rings (SSSR count). The summed E-state index contributed by atoms with van der Waals surface area (Å²) in [5.74, 6) is 0.389. The van der Waals surface area contributed by atoms with E-state index < -0.39 is 5.60 Å². The molecule has 0 aromatic carbocycles. The van der Waals surface area contributed by atoms with Gasteiger partial charge in [-0.3, -0.25) is 4.79 Å². The van der Waals surface area contributed by atoms with Gasteiger partial charge in [0.25, 0.3) is 0 Å². The number of esters is 1. The van der Waals surface area contributed by atoms with Gasteiger partial charge >= 0.3 is 5.97 Å². The molecule has 0 aromatic rings. The Morgan fingerprint density at radius 2 is 1.94 bits per heavy atom. The molecule has 108 valence electrons. The lowest BCUT2D eigenvalue weighted by atomic mass is 9.90. The lowest BCUT2D eigenvalue weighted by Crippen LogP contribution is -2.26. The highest BCUT2D eigenvalue weighted by Gasteiger charge is 2.21. The quantitative estimate of drug-likeness (QED) is 0.677. The van der Waals surface area contributed by atoms with Crippen LogP contribution in [0.5, 0.6) is 0 Å². The van der Waals surface area contributed by atoms with Gasteiger partial charge in [-0.2, -0.15) is 0 Å². The van der Waals surface area contributed by atoms with E-state index in [4.69, 9.17) is 4.74 Å². The maximum Gasteiger partial charge on any atom is 0.306 e. The van der Waals surface area contributed by atoms with Gasteiger partial charge < -0.3 is 9.84 Å². The van der Waals surface area contributed by atoms with Crippen LogP contribution in [0.25, 0.3) is 0 Å². The molecule has 0 unspecified atom stereocenters. The molecule has 0 fully saturated rings. The van der Waals surface area contributed by atoms with Crippen LogP contribution in [0.1, 0.15) is 66.7 Å². The first kappa shape index (κ1) is 17.4. The van der Waals surface area contributed by atoms with Crippen LogP contribution in [0.3, 0.4) is 0 Å². The maximum atomic E-state index is 11.7. The van der Waals surface area contributed by atoms with Crippen molar-refractivity contribution in [1.82, 2.24) is 0 Å². The van der Waals surface area contributed by atoms with Crippen LogP contribution in [0.4, 0.5) is 0 Å². The van der Waals surface area contributed by atoms with Crippen molar-refractivity contribution in [2.75, 3.05) is 6.61 Å². The molecule has 0 saturated carbocycles. The predicted molar refractivity (Wildman–Crippen MR) is 74.3 cm³/mol. The summed E-state index contributed by atoms with van der Waals surface area (Å²) in [5, 5.41) is 9.34. The predicted octanol–water partition coefficient (Wildman–Crippen LogP) is 3.54. The fourth-order valence-corrected chi connectivity index (χ4v) is 2.08. The van der Waals surface area contributed by atoms with Crippen molar-refractivity contribution in [2.24, 2.45) is 11.8 Å². The monoisotopic (exact) mass is 258 g/mol. The van der Waals surface area contributed by atoms with E-state index in [0.717, 1.165) is 6.42 Å². The van der Waals surface area contributed by atoms with Crippen LogP contribution in [-0.2, 0) is 9.53 Å². The molecule has 3 heteroatoms. The second-order valence-electron chi connectivity index (χ2n) is 6.32. The van der Waals surface area contributed by atoms with Gasteiger partial charge in [0.05, 0.1) is 6.42 Å². The van der Waals surface area contributed by atoms with Gasteiger partial charge in [0.15, 0.2) is 0 Å². The van der Waals surface area contributed by atoms with E-state index in [1.165, 1.54) is 19.3 Å². The first-order valence-corrected chi connectivity index (χ1v) is 7.11. The van der Waals surface area contributed by atoms with Crippen LogP contribution >= 0.6 is 0 Å². The molecular weight excluding hydrogens is 228 g/mol. The number of carbonyl (C=O) groups is 1. The molecule has 0 aromatic heterocycles. The summed E-state index contributed by atoms with van der Waals surface area (Å²) in [6, 6.07) is 0. The molecule has 2 atom stereocenters. The first-order valence-electron chi connectivity index (χ1n) is 7.11. The van der Waals surface area contributed by atoms with Crippen LogP contribution in [0, 0.1) is 11.8 Å². The summed E-state index contributed by atoms with van der Waals surface area (Å²) in [7, 11) is 0. The number of aliphatic hydroxyl groups excluding tert-OH is 1. The Balaban J connectivity index is 4.06. The van der Waals surface area contributed by atoms with E-state index in [2.05, 4.69) is 13.8 Å². The van der Waals surface area contributed by atoms with Gasteiger partial charge in [-0.25, -0.2) is 0 Å². The van der Waals surface area contributed by atoms with Crippen LogP contribution in [-0.4, -0.2) is 23.3 Å². The molecule has 0 aliphatic rings. The molecule has 18 heavy (non-hydrogen) atoms. The molecule has 0 spiro atoms. The lowest BCUT2D eigenvalue weighted by molar-refractivity contribution is -0.156. The molecular formula is C15H30O3. The highest BCUT2D eigenvalue weighted by atomic mass is 16.6. The standard InChI is InChI=1S/C15H30O3/c1-6-7-8-12(2)9-13(11-16)10-14(17)18-15(3,4)5/h12-13,16H,6-11H2,1-5H3/t12-,13+/m1/s1. The number of hydrogen-bond acceptors (Lipinski definition) is 3. The van der Waals surface area contributed by atoms with E-state index in [-0.39, 0.29) is 18.5 Å². The number of unbranched alkanes of at least 4 members (excludes halogenated alkanes) is 1. The SMILES string of the molecule is CCCC[C@@H](C)C[C@H](CO)CC(=O)OC(C)(C)C. The van der Waals surface area contributed by atoms with Crippen LogP contribution < -0.4 is 0 Å². The number of carbonyl (C=O) groups excluding carboxylic acids is 1. The van der Waals surface area contributed by atoms with E-state index in [9.17, 15) is 9.90 Å². The highest BCUT2D eigenvalue weighted by molar-refractivity contribution is 5.70. The smallest absolute Gasteiger partial charge is 0.306 e. The van der Waals surface area contributed by atoms with Crippen molar-refractivity contribution in [3.8, 4) is 0 Å². The maximum absolute atomic E-state index is 11.7. The summed E-state index contributed by atoms with van der Waals surface area (Å²) in [4.78, 5) is 11.7. The van der Waals surface area contributed by atoms with E-state index in [0.29, 0.717) is 12.3 Å². The van der Waals surface area contributed by atoms with Crippen molar-refractivity contribution in [3.05, 3.63) is 0 Å². The van der Waals surface area contributed by atoms with Crippen molar-refractivity contribution in [2.45, 2.75) is 72.3 Å². The number of hydrogen-bond donors (Lipinski definition) is 1. The third-order valence-electron chi connectivity index (χ3n) is 2.92. The van der Waals surface area contributed by atoms with Gasteiger partial charge in [0.2, 0.25) is 0 Å². The van der Waals surface area contributed by atoms with E-state index >= 15 is 0 Å². The summed E-state index contributed by atoms with van der Waals surface area (Å²) < 4.78 is 5.28. The Kier molecular flexibility index (Phi) is 8.25. The zero-order valence-corrected chi connectivity index (χ0v) is 12.7. The normalized spacial score (nSPS) is 15.2. The summed E-state index contributed by atoms with van der Waals surface area (Å²) in [6.07, 6.45) is 4.80. The summed E-state index contributed by atoms with van der Waals surface area (Å²) in [6.45, 7) is 10.0. The van der Waals surface area contributed by atoms with Crippen molar-refractivity contribution in [1.29, 1.82) is 0 Å². The Bertz CT molecular complexity index is 230. The lowest BCUT2D eigenvalue weighted by Gasteiger charge is -2.23. The number of aliphatic hydroxyl groups is 1. The molecule has 0 aliphatic carbocycles. The Hall–Kier alpha value is -0.570. The molecule has 1 N–H and O–H groups in total. The molecule has 0 amide bonds. The minimum absolute atomic E-state index is 0.0340. The second-order valence-corrected chi connectivity index (χ2v) is 6.32. The third kappa shape index (κ3) is 9.46. The number of ether oxygens (including phenoxy) is 1. The molecule has 0 aliphatic heterocycles. The van der Waals surface area contributed by atoms with Gasteiger partial charge in [-0.15, -0.1) is 0 Å². The van der Waals surface area contributed by atoms with E-state index in [1.807, 2.05) is 20.8 Å². The highest BCUT2D eigenvalue weighted by Crippen LogP contribution is 2.21. The third-order valence-corrected chi connectivity index (χ3v) is 2.92. The van der Waals surface area contributed by atoms with Gasteiger partial charge in [0.1, 0.15) is 5.60 Å². The molecule has 0 bridgehead atoms. The fraction of sp³-hybridized carbons (Fsp3) is 0.933. The Morgan fingerprint density at radius 3 is 2.39 bits per heavy atom. The van der Waals surface area contributed by atoms with Gasteiger partial charge in [-0.1, -0.05) is 33.1 Å². The van der Waals surface area contributed by atoms with Gasteiger partial charge in [-0.05, 0) is 39.0 Å². The molecule has 0 heterocycles. The largest absolute Gasteiger partial charge is 0.460 e. The topological polar surface area (TPSA) is 46.5 Å². The second kappa shape index (κ2) is 8.52. The zero-order chi connectivity index (χ0) is 14.2. The Morgan fingerprint density at radius 1 is 1.33 bits per heavy atom. The zero-order valence-electron chi connectivity index (χ0n) is 12.7. The number of rotatable bonds is 8. The van der Waals surface area contributed by atoms with E-state index in [1.54, 1.807) is 0 Å². The molecule has 0 saturated heterocycles. The van der Waals surface area contributed by atoms with Gasteiger partial charge in [0, 0.05) is 6.61 Å². The summed E-state index contributed by atoms with van der Waals surface area (Å²) >= 11 is 0. The van der Waals surface area contributed by atoms with Crippen molar-refractivity contribution in [3.63, 3.8) is 0 Å². The molecule has 0 radical (unpaired) electrons. The first-order chi connectivity index (χ1) is 8.28.